The van der Waals surface area contributed by atoms with Crippen LogP contribution in [-0.4, -0.2) is 6.61 Å². The second-order valence-corrected chi connectivity index (χ2v) is 3.79. The average molecular weight is 265 g/mol. The van der Waals surface area contributed by atoms with Gasteiger partial charge in [0.1, 0.15) is 0 Å². The summed E-state index contributed by atoms with van der Waals surface area (Å²) in [6, 6.07) is 8.28. The van der Waals surface area contributed by atoms with Crippen LogP contribution in [0.25, 0.3) is 0 Å². The van der Waals surface area contributed by atoms with Gasteiger partial charge >= 0.3 is 0 Å². The molecule has 19 heavy (non-hydrogen) atoms. The molecule has 5 heteroatoms. The first-order chi connectivity index (χ1) is 9.11. The van der Waals surface area contributed by atoms with Gasteiger partial charge in [-0.15, -0.1) is 0 Å². The summed E-state index contributed by atoms with van der Waals surface area (Å²) in [5.41, 5.74) is 5.71. The molecule has 0 aliphatic carbocycles. The van der Waals surface area contributed by atoms with Crippen LogP contribution < -0.4 is 15.2 Å². The lowest BCUT2D eigenvalue weighted by atomic mass is 10.2. The van der Waals surface area contributed by atoms with Crippen LogP contribution in [0.2, 0.25) is 0 Å². The Morgan fingerprint density at radius 1 is 1.00 bits per heavy atom. The smallest absolute Gasteiger partial charge is 0.167 e. The third-order valence-corrected chi connectivity index (χ3v) is 2.42. The van der Waals surface area contributed by atoms with E-state index in [1.165, 1.54) is 18.2 Å². The van der Waals surface area contributed by atoms with Gasteiger partial charge in [0.25, 0.3) is 0 Å². The van der Waals surface area contributed by atoms with E-state index in [0.29, 0.717) is 6.61 Å². The Kier molecular flexibility index (Phi) is 3.85. The minimum atomic E-state index is -0.583. The topological polar surface area (TPSA) is 44.5 Å². The second-order valence-electron chi connectivity index (χ2n) is 3.79. The van der Waals surface area contributed by atoms with E-state index in [1.54, 1.807) is 19.1 Å². The number of rotatable bonds is 4. The lowest BCUT2D eigenvalue weighted by Crippen LogP contribution is -1.99. The zero-order chi connectivity index (χ0) is 13.8. The summed E-state index contributed by atoms with van der Waals surface area (Å²) < 4.78 is 37.4. The van der Waals surface area contributed by atoms with Gasteiger partial charge < -0.3 is 15.2 Å². The SMILES string of the molecule is CCOc1cc(Oc2ccccc2F)c(N)cc1F. The van der Waals surface area contributed by atoms with Gasteiger partial charge in [-0.25, -0.2) is 8.78 Å². The van der Waals surface area contributed by atoms with Crippen molar-refractivity contribution < 1.29 is 18.3 Å². The normalized spacial score (nSPS) is 10.3. The summed E-state index contributed by atoms with van der Waals surface area (Å²) in [6.45, 7) is 2.03. The fourth-order valence-electron chi connectivity index (χ4n) is 1.55. The van der Waals surface area contributed by atoms with E-state index in [4.69, 9.17) is 15.2 Å². The van der Waals surface area contributed by atoms with Gasteiger partial charge in [-0.3, -0.25) is 0 Å². The maximum atomic E-state index is 13.5. The molecule has 0 bridgehead atoms. The number of nitrogens with two attached hydrogens (primary N) is 1. The Morgan fingerprint density at radius 3 is 2.42 bits per heavy atom. The van der Waals surface area contributed by atoms with Crippen molar-refractivity contribution in [2.75, 3.05) is 12.3 Å². The number of halogens is 2. The van der Waals surface area contributed by atoms with Gasteiger partial charge in [0.2, 0.25) is 0 Å². The van der Waals surface area contributed by atoms with Crippen LogP contribution in [0, 0.1) is 11.6 Å². The van der Waals surface area contributed by atoms with Gasteiger partial charge in [0.15, 0.2) is 28.9 Å². The zero-order valence-corrected chi connectivity index (χ0v) is 10.3. The zero-order valence-electron chi connectivity index (χ0n) is 10.3. The van der Waals surface area contributed by atoms with E-state index in [0.717, 1.165) is 6.07 Å². The Bertz CT molecular complexity index is 588. The average Bonchev–Trinajstić information content (AvgIpc) is 2.38. The Labute approximate surface area is 109 Å². The second kappa shape index (κ2) is 5.56. The van der Waals surface area contributed by atoms with Gasteiger partial charge in [0.05, 0.1) is 12.3 Å². The van der Waals surface area contributed by atoms with Crippen molar-refractivity contribution in [1.29, 1.82) is 0 Å². The summed E-state index contributed by atoms with van der Waals surface area (Å²) in [7, 11) is 0. The van der Waals surface area contributed by atoms with Crippen molar-refractivity contribution >= 4 is 5.69 Å². The first-order valence-corrected chi connectivity index (χ1v) is 5.76. The van der Waals surface area contributed by atoms with Gasteiger partial charge in [0, 0.05) is 12.1 Å². The minimum absolute atomic E-state index is 0.0167. The third-order valence-electron chi connectivity index (χ3n) is 2.42. The van der Waals surface area contributed by atoms with Crippen molar-refractivity contribution in [2.24, 2.45) is 0 Å². The quantitative estimate of drug-likeness (QED) is 0.856. The highest BCUT2D eigenvalue weighted by molar-refractivity contribution is 5.57. The number of benzene rings is 2. The highest BCUT2D eigenvalue weighted by Crippen LogP contribution is 2.34. The van der Waals surface area contributed by atoms with Gasteiger partial charge in [-0.05, 0) is 19.1 Å². The maximum Gasteiger partial charge on any atom is 0.167 e. The predicted octanol–water partition coefficient (Wildman–Crippen LogP) is 3.74. The summed E-state index contributed by atoms with van der Waals surface area (Å²) in [5.74, 6) is -0.925. The lowest BCUT2D eigenvalue weighted by molar-refractivity contribution is 0.319. The fraction of sp³-hybridized carbons (Fsp3) is 0.143. The van der Waals surface area contributed by atoms with Crippen LogP contribution in [0.3, 0.4) is 0 Å². The molecule has 0 spiro atoms. The largest absolute Gasteiger partial charge is 0.491 e. The number of hydrogen-bond donors (Lipinski definition) is 1. The van der Waals surface area contributed by atoms with E-state index in [2.05, 4.69) is 0 Å². The molecule has 0 atom stereocenters. The molecule has 0 unspecified atom stereocenters. The first-order valence-electron chi connectivity index (χ1n) is 5.76. The molecular formula is C14H13F2NO2. The van der Waals surface area contributed by atoms with Crippen LogP contribution in [0.4, 0.5) is 14.5 Å². The number of para-hydroxylation sites is 1. The molecule has 0 aromatic heterocycles. The molecule has 0 saturated heterocycles. The third kappa shape index (κ3) is 2.93. The van der Waals surface area contributed by atoms with E-state index in [1.807, 2.05) is 0 Å². The summed E-state index contributed by atoms with van der Waals surface area (Å²) >= 11 is 0. The highest BCUT2D eigenvalue weighted by Gasteiger charge is 2.12. The van der Waals surface area contributed by atoms with Crippen LogP contribution in [0.1, 0.15) is 6.92 Å². The lowest BCUT2D eigenvalue weighted by Gasteiger charge is -2.12. The number of ether oxygens (including phenoxy) is 2. The molecule has 2 aromatic carbocycles. The molecule has 2 rings (SSSR count). The van der Waals surface area contributed by atoms with Crippen molar-refractivity contribution in [3.05, 3.63) is 48.0 Å². The molecule has 0 heterocycles. The maximum absolute atomic E-state index is 13.5. The number of anilines is 1. The first kappa shape index (κ1) is 13.1. The van der Waals surface area contributed by atoms with Crippen LogP contribution in [0.5, 0.6) is 17.2 Å². The molecule has 0 aliphatic heterocycles. The minimum Gasteiger partial charge on any atom is -0.491 e. The van der Waals surface area contributed by atoms with Crippen LogP contribution in [-0.2, 0) is 0 Å². The standard InChI is InChI=1S/C14H13F2NO2/c1-2-18-13-8-14(11(17)7-10(13)16)19-12-6-4-3-5-9(12)15/h3-8H,2,17H2,1H3. The Hall–Kier alpha value is -2.30. The van der Waals surface area contributed by atoms with Gasteiger partial charge in [-0.2, -0.15) is 0 Å². The molecular weight excluding hydrogens is 252 g/mol. The number of hydrogen-bond acceptors (Lipinski definition) is 3. The summed E-state index contributed by atoms with van der Waals surface area (Å²) in [6.07, 6.45) is 0. The van der Waals surface area contributed by atoms with Crippen molar-refractivity contribution in [3.63, 3.8) is 0 Å². The predicted molar refractivity (Wildman–Crippen MR) is 68.5 cm³/mol. The van der Waals surface area contributed by atoms with E-state index in [9.17, 15) is 8.78 Å². The molecule has 2 N–H and O–H groups in total. The van der Waals surface area contributed by atoms with E-state index in [-0.39, 0.29) is 22.9 Å². The Balaban J connectivity index is 2.34. The van der Waals surface area contributed by atoms with Crippen molar-refractivity contribution in [2.45, 2.75) is 6.92 Å². The van der Waals surface area contributed by atoms with Crippen molar-refractivity contribution in [1.82, 2.24) is 0 Å². The van der Waals surface area contributed by atoms with E-state index < -0.39 is 11.6 Å². The molecule has 2 aromatic rings. The van der Waals surface area contributed by atoms with Crippen LogP contribution in [0.15, 0.2) is 36.4 Å². The Morgan fingerprint density at radius 2 is 1.74 bits per heavy atom. The fourth-order valence-corrected chi connectivity index (χ4v) is 1.55. The summed E-state index contributed by atoms with van der Waals surface area (Å²) in [5, 5.41) is 0. The summed E-state index contributed by atoms with van der Waals surface area (Å²) in [4.78, 5) is 0. The molecule has 0 radical (unpaired) electrons. The molecule has 0 amide bonds. The molecule has 0 fully saturated rings. The molecule has 3 nitrogen and oxygen atoms in total. The monoisotopic (exact) mass is 265 g/mol. The number of nitrogen functional groups attached to an aromatic ring is 1. The molecule has 100 valence electrons. The van der Waals surface area contributed by atoms with Crippen molar-refractivity contribution in [3.8, 4) is 17.2 Å². The van der Waals surface area contributed by atoms with Crippen LogP contribution >= 0.6 is 0 Å². The highest BCUT2D eigenvalue weighted by atomic mass is 19.1. The molecule has 0 saturated carbocycles. The molecule has 0 aliphatic rings. The van der Waals surface area contributed by atoms with Gasteiger partial charge in [-0.1, -0.05) is 12.1 Å². The van der Waals surface area contributed by atoms with E-state index >= 15 is 0 Å².